The number of hydrogen-bond acceptors (Lipinski definition) is 6. The van der Waals surface area contributed by atoms with E-state index in [9.17, 15) is 32.7 Å². The van der Waals surface area contributed by atoms with Gasteiger partial charge in [-0.3, -0.25) is 14.4 Å². The fourth-order valence-corrected chi connectivity index (χ4v) is 3.73. The number of nitrogens with one attached hydrogen (secondary N) is 1. The van der Waals surface area contributed by atoms with Crippen LogP contribution in [0.3, 0.4) is 0 Å². The van der Waals surface area contributed by atoms with E-state index in [2.05, 4.69) is 10.3 Å². The second kappa shape index (κ2) is 7.69. The molecule has 0 bridgehead atoms. The third-order valence-electron chi connectivity index (χ3n) is 5.34. The summed E-state index contributed by atoms with van der Waals surface area (Å²) in [7, 11) is 0. The second-order valence-corrected chi connectivity index (χ2v) is 7.28. The molecule has 31 heavy (non-hydrogen) atoms. The third kappa shape index (κ3) is 3.52. The average Bonchev–Trinajstić information content (AvgIpc) is 2.69. The maximum Gasteiger partial charge on any atom is 0.276 e. The van der Waals surface area contributed by atoms with Gasteiger partial charge in [-0.25, -0.2) is 4.39 Å². The Morgan fingerprint density at radius 2 is 2.10 bits per heavy atom. The van der Waals surface area contributed by atoms with Gasteiger partial charge in [0.15, 0.2) is 17.7 Å². The summed E-state index contributed by atoms with van der Waals surface area (Å²) in [6, 6.07) is 0.193. The number of amides is 2. The lowest BCUT2D eigenvalue weighted by atomic mass is 10.1. The molecule has 0 saturated carbocycles. The van der Waals surface area contributed by atoms with Gasteiger partial charge < -0.3 is 24.6 Å². The van der Waals surface area contributed by atoms with E-state index >= 15 is 0 Å². The summed E-state index contributed by atoms with van der Waals surface area (Å²) in [5, 5.41) is 12.5. The summed E-state index contributed by atoms with van der Waals surface area (Å²) in [6.45, 7) is 1.60. The summed E-state index contributed by atoms with van der Waals surface area (Å²) in [5.41, 5.74) is -2.62. The number of nitrogens with zero attached hydrogens (tertiary/aromatic N) is 3. The van der Waals surface area contributed by atoms with E-state index < -0.39 is 64.6 Å². The third-order valence-corrected chi connectivity index (χ3v) is 5.34. The first-order chi connectivity index (χ1) is 14.7. The molecule has 4 rings (SSSR count). The predicted molar refractivity (Wildman–Crippen MR) is 97.6 cm³/mol. The van der Waals surface area contributed by atoms with Crippen LogP contribution in [0.1, 0.15) is 39.8 Å². The van der Waals surface area contributed by atoms with E-state index in [-0.39, 0.29) is 18.3 Å². The second-order valence-electron chi connectivity index (χ2n) is 7.28. The van der Waals surface area contributed by atoms with E-state index in [1.165, 1.54) is 9.47 Å². The highest BCUT2D eigenvalue weighted by Gasteiger charge is 2.41. The van der Waals surface area contributed by atoms with Crippen molar-refractivity contribution in [3.05, 3.63) is 57.0 Å². The summed E-state index contributed by atoms with van der Waals surface area (Å²) in [4.78, 5) is 42.1. The molecule has 0 aliphatic carbocycles. The first kappa shape index (κ1) is 20.8. The van der Waals surface area contributed by atoms with Crippen LogP contribution in [0.25, 0.3) is 0 Å². The van der Waals surface area contributed by atoms with E-state index in [1.54, 1.807) is 0 Å². The lowest BCUT2D eigenvalue weighted by Crippen LogP contribution is -2.57. The monoisotopic (exact) mass is 438 g/mol. The summed E-state index contributed by atoms with van der Waals surface area (Å²) >= 11 is 0. The van der Waals surface area contributed by atoms with Gasteiger partial charge in [0.25, 0.3) is 11.8 Å². The lowest BCUT2D eigenvalue weighted by molar-refractivity contribution is -0.112. The number of ether oxygens (including phenoxy) is 1. The molecule has 2 atom stereocenters. The Bertz CT molecular complexity index is 1130. The van der Waals surface area contributed by atoms with Crippen LogP contribution >= 0.6 is 0 Å². The van der Waals surface area contributed by atoms with Crippen molar-refractivity contribution in [3.8, 4) is 5.75 Å². The topological polar surface area (TPSA) is 114 Å². The number of fused-ring (bicyclic) bond motifs is 2. The average molecular weight is 438 g/mol. The minimum atomic E-state index is -1.45. The van der Waals surface area contributed by atoms with Crippen molar-refractivity contribution in [2.24, 2.45) is 0 Å². The highest BCUT2D eigenvalue weighted by Crippen LogP contribution is 2.29. The van der Waals surface area contributed by atoms with Gasteiger partial charge in [0.1, 0.15) is 11.4 Å². The van der Waals surface area contributed by atoms with Crippen LogP contribution in [0.4, 0.5) is 13.2 Å². The molecule has 12 heteroatoms. The highest BCUT2D eigenvalue weighted by molar-refractivity contribution is 5.99. The number of aromatic nitrogens is 2. The van der Waals surface area contributed by atoms with Gasteiger partial charge in [-0.15, -0.1) is 0 Å². The highest BCUT2D eigenvalue weighted by atomic mass is 19.1. The number of rotatable bonds is 3. The van der Waals surface area contributed by atoms with E-state index in [1.807, 2.05) is 6.92 Å². The zero-order chi connectivity index (χ0) is 22.4. The lowest BCUT2D eigenvalue weighted by Gasteiger charge is -2.44. The van der Waals surface area contributed by atoms with Crippen LogP contribution in [0.5, 0.6) is 5.75 Å². The van der Waals surface area contributed by atoms with Crippen molar-refractivity contribution in [3.63, 3.8) is 0 Å². The molecular formula is C19H17F3N4O5. The first-order valence-corrected chi connectivity index (χ1v) is 9.38. The van der Waals surface area contributed by atoms with E-state index in [0.717, 1.165) is 6.20 Å². The Balaban J connectivity index is 1.64. The predicted octanol–water partition coefficient (Wildman–Crippen LogP) is 0.887. The van der Waals surface area contributed by atoms with Crippen LogP contribution in [-0.4, -0.2) is 50.2 Å². The van der Waals surface area contributed by atoms with Gasteiger partial charge in [0.05, 0.1) is 25.3 Å². The molecule has 4 heterocycles. The fourth-order valence-electron chi connectivity index (χ4n) is 3.73. The van der Waals surface area contributed by atoms with Crippen molar-refractivity contribution < 1.29 is 32.6 Å². The van der Waals surface area contributed by atoms with Crippen LogP contribution in [0, 0.1) is 17.7 Å². The molecule has 9 nitrogen and oxygen atoms in total. The molecule has 2 aromatic heterocycles. The summed E-state index contributed by atoms with van der Waals surface area (Å²) in [5.74, 6) is -6.63. The van der Waals surface area contributed by atoms with Gasteiger partial charge in [0.2, 0.25) is 17.3 Å². The number of pyridine rings is 2. The van der Waals surface area contributed by atoms with Crippen LogP contribution in [0.15, 0.2) is 17.1 Å². The van der Waals surface area contributed by atoms with Gasteiger partial charge in [-0.1, -0.05) is 0 Å². The molecule has 2 unspecified atom stereocenters. The molecule has 2 N–H and O–H groups in total. The fraction of sp³-hybridized carbons (Fsp3) is 0.368. The van der Waals surface area contributed by atoms with Gasteiger partial charge in [0, 0.05) is 18.3 Å². The number of carbonyl (C=O) groups excluding carboxylic acids is 2. The molecule has 2 aromatic rings. The molecule has 164 valence electrons. The van der Waals surface area contributed by atoms with E-state index in [0.29, 0.717) is 19.1 Å². The normalized spacial score (nSPS) is 20.3. The number of aromatic hydroxyl groups is 1. The van der Waals surface area contributed by atoms with Crippen molar-refractivity contribution in [2.45, 2.75) is 38.7 Å². The SMILES string of the molecule is CC1CCOC2Cn3cc(C(=O)NCc4c(F)cc(F)nc4F)c(=O)c(O)c3C(=O)N12. The van der Waals surface area contributed by atoms with Crippen LogP contribution < -0.4 is 10.7 Å². The van der Waals surface area contributed by atoms with Gasteiger partial charge in [-0.2, -0.15) is 13.8 Å². The molecule has 0 radical (unpaired) electrons. The van der Waals surface area contributed by atoms with E-state index in [4.69, 9.17) is 4.74 Å². The van der Waals surface area contributed by atoms with Crippen molar-refractivity contribution in [1.82, 2.24) is 19.8 Å². The number of carbonyl (C=O) groups is 2. The van der Waals surface area contributed by atoms with Gasteiger partial charge in [-0.05, 0) is 13.3 Å². The van der Waals surface area contributed by atoms with Gasteiger partial charge >= 0.3 is 0 Å². The zero-order valence-corrected chi connectivity index (χ0v) is 16.2. The smallest absolute Gasteiger partial charge is 0.276 e. The molecule has 0 aromatic carbocycles. The standard InChI is InChI=1S/C19H17F3N4O5/c1-8-2-3-31-13-7-25-6-10(15(27)16(28)14(25)19(30)26(8)13)18(29)23-5-9-11(20)4-12(21)24-17(9)22/h4,6,8,13,28H,2-3,5,7H2,1H3,(H,23,29). The number of halogens is 3. The molecule has 2 amide bonds. The van der Waals surface area contributed by atoms with Crippen LogP contribution in [0.2, 0.25) is 0 Å². The largest absolute Gasteiger partial charge is 0.503 e. The molecular weight excluding hydrogens is 421 g/mol. The van der Waals surface area contributed by atoms with Crippen molar-refractivity contribution >= 4 is 11.8 Å². The Hall–Kier alpha value is -3.41. The van der Waals surface area contributed by atoms with Crippen LogP contribution in [-0.2, 0) is 17.8 Å². The molecule has 2 aliphatic heterocycles. The Labute approximate surface area is 173 Å². The Kier molecular flexibility index (Phi) is 5.17. The minimum absolute atomic E-state index is 0.0741. The van der Waals surface area contributed by atoms with Crippen molar-refractivity contribution in [1.29, 1.82) is 0 Å². The molecule has 1 fully saturated rings. The Morgan fingerprint density at radius 1 is 1.35 bits per heavy atom. The zero-order valence-electron chi connectivity index (χ0n) is 16.2. The molecule has 2 aliphatic rings. The summed E-state index contributed by atoms with van der Waals surface area (Å²) < 4.78 is 47.1. The van der Waals surface area contributed by atoms with Crippen molar-refractivity contribution in [2.75, 3.05) is 6.61 Å². The Morgan fingerprint density at radius 3 is 2.81 bits per heavy atom. The maximum atomic E-state index is 13.7. The maximum absolute atomic E-state index is 13.7. The molecule has 1 saturated heterocycles. The quantitative estimate of drug-likeness (QED) is 0.688. The number of hydrogen-bond donors (Lipinski definition) is 2. The molecule has 0 spiro atoms. The summed E-state index contributed by atoms with van der Waals surface area (Å²) in [6.07, 6.45) is 1.05. The first-order valence-electron chi connectivity index (χ1n) is 9.38. The minimum Gasteiger partial charge on any atom is -0.503 e.